The minimum absolute atomic E-state index is 0.0248. The molecule has 16 heteroatoms. The van der Waals surface area contributed by atoms with Crippen LogP contribution in [0, 0.1) is 6.92 Å². The second-order valence-electron chi connectivity index (χ2n) is 12.0. The van der Waals surface area contributed by atoms with Gasteiger partial charge in [0.1, 0.15) is 5.58 Å². The number of benzene rings is 2. The summed E-state index contributed by atoms with van der Waals surface area (Å²) in [5, 5.41) is 0.694. The molecule has 0 spiro atoms. The molecule has 3 aromatic rings. The lowest BCUT2D eigenvalue weighted by Crippen LogP contribution is -2.53. The van der Waals surface area contributed by atoms with Crippen molar-refractivity contribution in [2.45, 2.75) is 37.0 Å². The Kier molecular flexibility index (Phi) is 9.18. The van der Waals surface area contributed by atoms with Crippen molar-refractivity contribution in [2.24, 2.45) is 5.73 Å². The molecule has 0 saturated carbocycles. The molecule has 1 fully saturated rings. The van der Waals surface area contributed by atoms with Gasteiger partial charge >= 0.3 is 11.8 Å². The molecular formula is C31H36F3N5O7S. The molecule has 0 bridgehead atoms. The van der Waals surface area contributed by atoms with Crippen molar-refractivity contribution < 1.29 is 40.3 Å². The predicted octanol–water partition coefficient (Wildman–Crippen LogP) is 2.43. The van der Waals surface area contributed by atoms with Crippen molar-refractivity contribution in [3.05, 3.63) is 68.1 Å². The first kappa shape index (κ1) is 34.3. The van der Waals surface area contributed by atoms with Crippen molar-refractivity contribution in [1.82, 2.24) is 14.1 Å². The highest BCUT2D eigenvalue weighted by molar-refractivity contribution is 7.89. The fraction of sp³-hybridized carbons (Fsp3) is 0.452. The third-order valence-electron chi connectivity index (χ3n) is 8.91. The standard InChI is InChI=1S/C31H36F3N5O7S/c1-17-24(38-11-10-37(4)19(14-38)16-45-5)7-6-21-20-8-9-39(15-22(20)30(42)46-27(17)21)29(41)18-12-23(31(32,33)34)26(28(35)40)25(13-18)47(43,44)36(2)3/h6-7,12-13,19H,8-11,14-16H2,1-5H3,(H2,35,40)/t19-/m1/s1. The fourth-order valence-corrected chi connectivity index (χ4v) is 7.44. The normalized spacial score (nSPS) is 17.8. The first-order chi connectivity index (χ1) is 22.0. The van der Waals surface area contributed by atoms with E-state index < -0.39 is 55.2 Å². The van der Waals surface area contributed by atoms with Crippen LogP contribution >= 0.6 is 0 Å². The number of amides is 2. The highest BCUT2D eigenvalue weighted by Gasteiger charge is 2.41. The number of piperazine rings is 1. The molecular weight excluding hydrogens is 643 g/mol. The highest BCUT2D eigenvalue weighted by atomic mass is 32.2. The summed E-state index contributed by atoms with van der Waals surface area (Å²) in [6, 6.07) is 5.15. The molecule has 2 aliphatic rings. The maximum absolute atomic E-state index is 14.1. The van der Waals surface area contributed by atoms with E-state index in [0.29, 0.717) is 39.6 Å². The molecule has 1 atom stereocenters. The summed E-state index contributed by atoms with van der Waals surface area (Å²) in [6.07, 6.45) is -5.02. The molecule has 1 saturated heterocycles. The zero-order chi connectivity index (χ0) is 34.6. The molecule has 3 heterocycles. The van der Waals surface area contributed by atoms with Crippen molar-refractivity contribution >= 4 is 38.5 Å². The van der Waals surface area contributed by atoms with Gasteiger partial charge in [-0.1, -0.05) is 0 Å². The number of hydrogen-bond acceptors (Lipinski definition) is 9. The largest absolute Gasteiger partial charge is 0.422 e. The van der Waals surface area contributed by atoms with Gasteiger partial charge in [0, 0.05) is 69.6 Å². The Bertz CT molecular complexity index is 1930. The number of methoxy groups -OCH3 is 1. The number of aryl methyl sites for hydroxylation is 1. The van der Waals surface area contributed by atoms with E-state index in [-0.39, 0.29) is 31.1 Å². The first-order valence-electron chi connectivity index (χ1n) is 14.8. The van der Waals surface area contributed by atoms with Gasteiger partial charge in [0.25, 0.3) is 11.8 Å². The Morgan fingerprint density at radius 2 is 1.83 bits per heavy atom. The van der Waals surface area contributed by atoms with Crippen LogP contribution < -0.4 is 16.3 Å². The highest BCUT2D eigenvalue weighted by Crippen LogP contribution is 2.38. The number of halogens is 3. The van der Waals surface area contributed by atoms with E-state index in [4.69, 9.17) is 14.9 Å². The minimum atomic E-state index is -5.21. The van der Waals surface area contributed by atoms with Crippen molar-refractivity contribution in [3.8, 4) is 0 Å². The smallest absolute Gasteiger partial charge is 0.417 e. The number of nitrogens with zero attached hydrogens (tertiary/aromatic N) is 4. The molecule has 5 rings (SSSR count). The molecule has 2 aromatic carbocycles. The zero-order valence-electron chi connectivity index (χ0n) is 26.6. The van der Waals surface area contributed by atoms with E-state index in [0.717, 1.165) is 49.9 Å². The number of carbonyl (C=O) groups is 2. The van der Waals surface area contributed by atoms with E-state index >= 15 is 0 Å². The Hall–Kier alpha value is -3.99. The Balaban J connectivity index is 1.52. The second kappa shape index (κ2) is 12.6. The number of carbonyl (C=O) groups excluding carboxylic acids is 2. The average molecular weight is 680 g/mol. The molecule has 2 amide bonds. The molecule has 2 N–H and O–H groups in total. The van der Waals surface area contributed by atoms with Gasteiger partial charge in [0.05, 0.1) is 40.8 Å². The summed E-state index contributed by atoms with van der Waals surface area (Å²) in [5.41, 5.74) is 3.95. The topological polar surface area (TPSA) is 147 Å². The number of nitrogens with two attached hydrogens (primary N) is 1. The summed E-state index contributed by atoms with van der Waals surface area (Å²) >= 11 is 0. The maximum Gasteiger partial charge on any atom is 0.417 e. The van der Waals surface area contributed by atoms with E-state index in [9.17, 15) is 36.0 Å². The molecule has 12 nitrogen and oxygen atoms in total. The summed E-state index contributed by atoms with van der Waals surface area (Å²) in [7, 11) is 1.20. The minimum Gasteiger partial charge on any atom is -0.422 e. The molecule has 0 unspecified atom stereocenters. The van der Waals surface area contributed by atoms with Crippen LogP contribution in [0.5, 0.6) is 0 Å². The van der Waals surface area contributed by atoms with Gasteiger partial charge in [0.2, 0.25) is 10.0 Å². The number of likely N-dealkylation sites (N-methyl/N-ethyl adjacent to an activating group) is 1. The molecule has 47 heavy (non-hydrogen) atoms. The molecule has 2 aliphatic heterocycles. The molecule has 254 valence electrons. The molecule has 1 aromatic heterocycles. The zero-order valence-corrected chi connectivity index (χ0v) is 27.4. The van der Waals surface area contributed by atoms with Crippen LogP contribution in [0.2, 0.25) is 0 Å². The van der Waals surface area contributed by atoms with Crippen molar-refractivity contribution in [1.29, 1.82) is 0 Å². The summed E-state index contributed by atoms with van der Waals surface area (Å²) in [4.78, 5) is 43.7. The van der Waals surface area contributed by atoms with Crippen LogP contribution in [0.25, 0.3) is 11.0 Å². The number of anilines is 1. The fourth-order valence-electron chi connectivity index (χ4n) is 6.31. The van der Waals surface area contributed by atoms with Crippen LogP contribution in [0.15, 0.2) is 38.4 Å². The Morgan fingerprint density at radius 3 is 2.45 bits per heavy atom. The molecule has 0 radical (unpaired) electrons. The first-order valence-corrected chi connectivity index (χ1v) is 16.2. The van der Waals surface area contributed by atoms with Crippen LogP contribution in [-0.4, -0.2) is 101 Å². The third-order valence-corrected chi connectivity index (χ3v) is 10.8. The second-order valence-corrected chi connectivity index (χ2v) is 14.1. The summed E-state index contributed by atoms with van der Waals surface area (Å²) < 4.78 is 80.1. The monoisotopic (exact) mass is 679 g/mol. The van der Waals surface area contributed by atoms with E-state index in [1.807, 2.05) is 26.1 Å². The number of primary amides is 1. The number of rotatable bonds is 7. The van der Waals surface area contributed by atoms with E-state index in [2.05, 4.69) is 9.80 Å². The van der Waals surface area contributed by atoms with Gasteiger partial charge < -0.3 is 24.7 Å². The maximum atomic E-state index is 14.1. The lowest BCUT2D eigenvalue weighted by atomic mass is 9.94. The Morgan fingerprint density at radius 1 is 1.13 bits per heavy atom. The molecule has 0 aliphatic carbocycles. The average Bonchev–Trinajstić information content (AvgIpc) is 3.01. The SMILES string of the molecule is COC[C@H]1CN(c2ccc3c4c(c(=O)oc3c2C)CN(C(=O)c2cc(C(F)(F)F)c(C(N)=O)c(S(=O)(=O)N(C)C)c2)CC4)CCN1C. The summed E-state index contributed by atoms with van der Waals surface area (Å²) in [5.74, 6) is -2.58. The van der Waals surface area contributed by atoms with Crippen molar-refractivity contribution in [3.63, 3.8) is 0 Å². The summed E-state index contributed by atoms with van der Waals surface area (Å²) in [6.45, 7) is 4.50. The van der Waals surface area contributed by atoms with Gasteiger partial charge in [-0.3, -0.25) is 14.5 Å². The Labute approximate surface area is 269 Å². The quantitative estimate of drug-likeness (QED) is 0.372. The lowest BCUT2D eigenvalue weighted by molar-refractivity contribution is -0.138. The lowest BCUT2D eigenvalue weighted by Gasteiger charge is -2.41. The predicted molar refractivity (Wildman–Crippen MR) is 167 cm³/mol. The number of ether oxygens (including phenoxy) is 1. The number of fused-ring (bicyclic) bond motifs is 3. The third kappa shape index (κ3) is 6.22. The number of alkyl halides is 3. The van der Waals surface area contributed by atoms with Crippen LogP contribution in [-0.2, 0) is 33.9 Å². The van der Waals surface area contributed by atoms with Crippen LogP contribution in [0.4, 0.5) is 18.9 Å². The van der Waals surface area contributed by atoms with Gasteiger partial charge in [-0.2, -0.15) is 13.2 Å². The van der Waals surface area contributed by atoms with Gasteiger partial charge in [0.15, 0.2) is 0 Å². The van der Waals surface area contributed by atoms with Crippen molar-refractivity contribution in [2.75, 3.05) is 65.9 Å². The van der Waals surface area contributed by atoms with Gasteiger partial charge in [-0.25, -0.2) is 17.5 Å². The number of hydrogen-bond donors (Lipinski definition) is 1. The van der Waals surface area contributed by atoms with E-state index in [1.165, 1.54) is 0 Å². The van der Waals surface area contributed by atoms with Gasteiger partial charge in [-0.05, 0) is 50.2 Å². The van der Waals surface area contributed by atoms with Gasteiger partial charge in [-0.15, -0.1) is 0 Å². The number of sulfonamides is 1. The van der Waals surface area contributed by atoms with Crippen LogP contribution in [0.3, 0.4) is 0 Å². The van der Waals surface area contributed by atoms with Crippen LogP contribution in [0.1, 0.15) is 43.0 Å². The van der Waals surface area contributed by atoms with E-state index in [1.54, 1.807) is 7.11 Å².